The van der Waals surface area contributed by atoms with Crippen molar-refractivity contribution in [3.63, 3.8) is 0 Å². The Morgan fingerprint density at radius 3 is 2.59 bits per heavy atom. The number of hydrogen-bond donors (Lipinski definition) is 1. The number of hydrogen-bond acceptors (Lipinski definition) is 4. The van der Waals surface area contributed by atoms with Crippen LogP contribution < -0.4 is 10.0 Å². The highest BCUT2D eigenvalue weighted by molar-refractivity contribution is 7.89. The molecule has 1 aromatic carbocycles. The molecule has 1 aliphatic heterocycles. The van der Waals surface area contributed by atoms with Gasteiger partial charge in [0, 0.05) is 33.0 Å². The average molecular weight is 325 g/mol. The first-order chi connectivity index (χ1) is 10.2. The Morgan fingerprint density at radius 1 is 1.36 bits per heavy atom. The van der Waals surface area contributed by atoms with Crippen molar-refractivity contribution < 1.29 is 18.0 Å². The van der Waals surface area contributed by atoms with Crippen LogP contribution in [0.15, 0.2) is 24.3 Å². The van der Waals surface area contributed by atoms with Crippen LogP contribution in [0.1, 0.15) is 16.8 Å². The van der Waals surface area contributed by atoms with Crippen molar-refractivity contribution in [2.45, 2.75) is 6.42 Å². The molecule has 1 heterocycles. The molecule has 1 aliphatic rings. The number of carbonyl (C=O) groups excluding carboxylic acids is 2. The van der Waals surface area contributed by atoms with E-state index in [0.29, 0.717) is 11.3 Å². The number of sulfonamides is 1. The van der Waals surface area contributed by atoms with E-state index in [-0.39, 0.29) is 36.5 Å². The van der Waals surface area contributed by atoms with Gasteiger partial charge in [0.1, 0.15) is 0 Å². The Bertz CT molecular complexity index is 700. The fourth-order valence-electron chi connectivity index (χ4n) is 2.59. The third-order valence-electron chi connectivity index (χ3n) is 3.50. The molecule has 0 spiro atoms. The number of benzene rings is 1. The quantitative estimate of drug-likeness (QED) is 0.844. The highest BCUT2D eigenvalue weighted by Crippen LogP contribution is 2.29. The van der Waals surface area contributed by atoms with Crippen LogP contribution in [-0.2, 0) is 14.8 Å². The lowest BCUT2D eigenvalue weighted by molar-refractivity contribution is -0.117. The maximum absolute atomic E-state index is 12.2. The number of nitrogens with zero attached hydrogens (tertiary/aromatic N) is 2. The van der Waals surface area contributed by atoms with Crippen molar-refractivity contribution in [3.8, 4) is 0 Å². The van der Waals surface area contributed by atoms with Gasteiger partial charge in [0.25, 0.3) is 5.91 Å². The molecule has 0 radical (unpaired) electrons. The number of anilines is 1. The topological polar surface area (TPSA) is 101 Å². The van der Waals surface area contributed by atoms with Crippen LogP contribution in [0.5, 0.6) is 0 Å². The Hall–Kier alpha value is -1.93. The summed E-state index contributed by atoms with van der Waals surface area (Å²) in [6.45, 7) is 0.243. The number of para-hydroxylation sites is 1. The first kappa shape index (κ1) is 16.4. The smallest absolute Gasteiger partial charge is 0.255 e. The molecule has 0 aromatic heterocycles. The van der Waals surface area contributed by atoms with Crippen LogP contribution >= 0.6 is 0 Å². The molecular formula is C14H19N3O4S. The molecule has 2 amide bonds. The number of amides is 2. The van der Waals surface area contributed by atoms with Gasteiger partial charge in [-0.05, 0) is 12.1 Å². The Labute approximate surface area is 129 Å². The molecule has 1 saturated heterocycles. The largest absolute Gasteiger partial charge is 0.345 e. The molecule has 1 fully saturated rings. The molecule has 1 aromatic rings. The van der Waals surface area contributed by atoms with Crippen LogP contribution in [0.25, 0.3) is 0 Å². The molecule has 22 heavy (non-hydrogen) atoms. The van der Waals surface area contributed by atoms with E-state index in [4.69, 9.17) is 5.14 Å². The van der Waals surface area contributed by atoms with Gasteiger partial charge in [0.05, 0.1) is 17.0 Å². The fraction of sp³-hybridized carbons (Fsp3) is 0.429. The van der Waals surface area contributed by atoms with Gasteiger partial charge in [0.15, 0.2) is 0 Å². The summed E-state index contributed by atoms with van der Waals surface area (Å²) in [6, 6.07) is 6.80. The van der Waals surface area contributed by atoms with Crippen LogP contribution in [0, 0.1) is 5.92 Å². The van der Waals surface area contributed by atoms with Crippen LogP contribution in [0.2, 0.25) is 0 Å². The summed E-state index contributed by atoms with van der Waals surface area (Å²) in [5, 5.41) is 5.04. The molecule has 0 bridgehead atoms. The Balaban J connectivity index is 2.29. The second kappa shape index (κ2) is 6.05. The zero-order chi connectivity index (χ0) is 16.5. The number of rotatable bonds is 4. The zero-order valence-electron chi connectivity index (χ0n) is 12.5. The predicted octanol–water partition coefficient (Wildman–Crippen LogP) is 0.0298. The molecule has 2 rings (SSSR count). The minimum Gasteiger partial charge on any atom is -0.345 e. The van der Waals surface area contributed by atoms with Gasteiger partial charge in [-0.2, -0.15) is 0 Å². The maximum Gasteiger partial charge on any atom is 0.255 e. The van der Waals surface area contributed by atoms with Gasteiger partial charge >= 0.3 is 0 Å². The molecule has 0 saturated carbocycles. The molecule has 120 valence electrons. The third-order valence-corrected chi connectivity index (χ3v) is 4.44. The van der Waals surface area contributed by atoms with Gasteiger partial charge < -0.3 is 9.80 Å². The van der Waals surface area contributed by atoms with Gasteiger partial charge in [-0.3, -0.25) is 9.59 Å². The normalized spacial score (nSPS) is 18.6. The number of carbonyl (C=O) groups is 2. The number of nitrogens with two attached hydrogens (primary N) is 1. The van der Waals surface area contributed by atoms with Crippen molar-refractivity contribution in [3.05, 3.63) is 29.8 Å². The summed E-state index contributed by atoms with van der Waals surface area (Å²) < 4.78 is 22.4. The first-order valence-corrected chi connectivity index (χ1v) is 8.52. The predicted molar refractivity (Wildman–Crippen MR) is 82.9 cm³/mol. The summed E-state index contributed by atoms with van der Waals surface area (Å²) >= 11 is 0. The first-order valence-electron chi connectivity index (χ1n) is 6.80. The standard InChI is InChI=1S/C14H19N3O4S/c1-16(2)14(19)11-5-3-4-6-12(11)17-8-10(7-13(17)18)9-22(15,20)21/h3-6,10H,7-9H2,1-2H3,(H2,15,20,21). The third kappa shape index (κ3) is 3.63. The average Bonchev–Trinajstić information content (AvgIpc) is 2.76. The fourth-order valence-corrected chi connectivity index (χ4v) is 3.47. The number of primary sulfonamides is 1. The second-order valence-corrected chi connectivity index (χ2v) is 7.28. The lowest BCUT2D eigenvalue weighted by Gasteiger charge is -2.21. The molecule has 7 nitrogen and oxygen atoms in total. The van der Waals surface area contributed by atoms with E-state index < -0.39 is 10.0 Å². The highest BCUT2D eigenvalue weighted by atomic mass is 32.2. The van der Waals surface area contributed by atoms with Crippen molar-refractivity contribution in [2.75, 3.05) is 31.3 Å². The van der Waals surface area contributed by atoms with Crippen molar-refractivity contribution in [2.24, 2.45) is 11.1 Å². The van der Waals surface area contributed by atoms with Crippen LogP contribution in [0.4, 0.5) is 5.69 Å². The van der Waals surface area contributed by atoms with E-state index in [2.05, 4.69) is 0 Å². The summed E-state index contributed by atoms with van der Waals surface area (Å²) in [4.78, 5) is 27.3. The lowest BCUT2D eigenvalue weighted by atomic mass is 10.1. The van der Waals surface area contributed by atoms with Gasteiger partial charge in [-0.25, -0.2) is 13.6 Å². The van der Waals surface area contributed by atoms with Crippen LogP contribution in [-0.4, -0.2) is 51.5 Å². The van der Waals surface area contributed by atoms with E-state index >= 15 is 0 Å². The molecule has 8 heteroatoms. The van der Waals surface area contributed by atoms with E-state index in [1.807, 2.05) is 0 Å². The zero-order valence-corrected chi connectivity index (χ0v) is 13.3. The summed E-state index contributed by atoms with van der Waals surface area (Å²) in [5.74, 6) is -1.00. The van der Waals surface area contributed by atoms with E-state index in [9.17, 15) is 18.0 Å². The van der Waals surface area contributed by atoms with Crippen LogP contribution in [0.3, 0.4) is 0 Å². The molecule has 2 N–H and O–H groups in total. The minimum absolute atomic E-state index is 0.112. The monoisotopic (exact) mass is 325 g/mol. The lowest BCUT2D eigenvalue weighted by Crippen LogP contribution is -2.30. The molecule has 1 unspecified atom stereocenters. The van der Waals surface area contributed by atoms with Gasteiger partial charge in [0.2, 0.25) is 15.9 Å². The highest BCUT2D eigenvalue weighted by Gasteiger charge is 2.34. The van der Waals surface area contributed by atoms with E-state index in [1.54, 1.807) is 38.4 Å². The van der Waals surface area contributed by atoms with Gasteiger partial charge in [-0.15, -0.1) is 0 Å². The van der Waals surface area contributed by atoms with E-state index in [1.165, 1.54) is 9.80 Å². The summed E-state index contributed by atoms with van der Waals surface area (Å²) in [7, 11) is -0.363. The van der Waals surface area contributed by atoms with E-state index in [0.717, 1.165) is 0 Å². The van der Waals surface area contributed by atoms with Gasteiger partial charge in [-0.1, -0.05) is 12.1 Å². The Kier molecular flexibility index (Phi) is 4.52. The second-order valence-electron chi connectivity index (χ2n) is 5.62. The van der Waals surface area contributed by atoms with Crippen molar-refractivity contribution >= 4 is 27.5 Å². The summed E-state index contributed by atoms with van der Waals surface area (Å²) in [5.41, 5.74) is 0.917. The Morgan fingerprint density at radius 2 is 2.00 bits per heavy atom. The minimum atomic E-state index is -3.63. The maximum atomic E-state index is 12.2. The van der Waals surface area contributed by atoms with Crippen molar-refractivity contribution in [1.29, 1.82) is 0 Å². The molecule has 1 atom stereocenters. The van der Waals surface area contributed by atoms with Crippen molar-refractivity contribution in [1.82, 2.24) is 4.90 Å². The molecule has 0 aliphatic carbocycles. The summed E-state index contributed by atoms with van der Waals surface area (Å²) in [6.07, 6.45) is 0.112. The SMILES string of the molecule is CN(C)C(=O)c1ccccc1N1CC(CS(N)(=O)=O)CC1=O. The molecular weight excluding hydrogens is 306 g/mol.